The molecule has 0 bridgehead atoms. The van der Waals surface area contributed by atoms with E-state index in [4.69, 9.17) is 5.73 Å². The van der Waals surface area contributed by atoms with E-state index in [1.54, 1.807) is 6.20 Å². The third-order valence-electron chi connectivity index (χ3n) is 2.32. The van der Waals surface area contributed by atoms with Crippen LogP contribution in [0.25, 0.3) is 0 Å². The molecule has 2 rings (SSSR count). The number of anilines is 1. The minimum absolute atomic E-state index is 0. The number of hydrogen-bond donors (Lipinski definition) is 1. The first-order valence-electron chi connectivity index (χ1n) is 4.53. The topological polar surface area (TPSA) is 43.8 Å². The smallest absolute Gasteiger partial charge is 0.0736 e. The average molecular weight is 202 g/mol. The van der Waals surface area contributed by atoms with Crippen LogP contribution in [0.4, 0.5) is 5.69 Å². The molecule has 0 atom stereocenters. The molecule has 4 heteroatoms. The Balaban J connectivity index is 0.000000845. The van der Waals surface area contributed by atoms with Crippen molar-refractivity contribution in [3.63, 3.8) is 0 Å². The normalized spacial score (nSPS) is 15.9. The lowest BCUT2D eigenvalue weighted by Gasteiger charge is -2.10. The maximum absolute atomic E-state index is 5.84. The Bertz CT molecular complexity index is 289. The minimum Gasteiger partial charge on any atom is -0.396 e. The van der Waals surface area contributed by atoms with Crippen molar-refractivity contribution in [2.24, 2.45) is 0 Å². The molecule has 1 saturated carbocycles. The van der Waals surface area contributed by atoms with Gasteiger partial charge in [-0.05, 0) is 26.7 Å². The highest BCUT2D eigenvalue weighted by Gasteiger charge is 2.29. The van der Waals surface area contributed by atoms with Crippen molar-refractivity contribution in [1.29, 1.82) is 0 Å². The van der Waals surface area contributed by atoms with Gasteiger partial charge in [0, 0.05) is 12.0 Å². The van der Waals surface area contributed by atoms with Gasteiger partial charge in [-0.15, -0.1) is 12.4 Å². The first kappa shape index (κ1) is 10.4. The summed E-state index contributed by atoms with van der Waals surface area (Å²) < 4.78 is 2.05. The number of nitrogens with two attached hydrogens (primary N) is 1. The molecule has 1 aliphatic rings. The molecule has 0 amide bonds. The van der Waals surface area contributed by atoms with Crippen molar-refractivity contribution < 1.29 is 0 Å². The number of aromatic nitrogens is 2. The second kappa shape index (κ2) is 3.58. The Morgan fingerprint density at radius 1 is 1.54 bits per heavy atom. The third kappa shape index (κ3) is 1.80. The highest BCUT2D eigenvalue weighted by atomic mass is 35.5. The molecule has 0 aliphatic heterocycles. The lowest BCUT2D eigenvalue weighted by Crippen LogP contribution is -2.07. The molecule has 3 nitrogen and oxygen atoms in total. The lowest BCUT2D eigenvalue weighted by molar-refractivity contribution is 0.510. The number of rotatable bonds is 2. The van der Waals surface area contributed by atoms with E-state index in [0.29, 0.717) is 12.0 Å². The van der Waals surface area contributed by atoms with Crippen molar-refractivity contribution in [2.75, 3.05) is 5.73 Å². The van der Waals surface area contributed by atoms with Gasteiger partial charge in [-0.2, -0.15) is 5.10 Å². The monoisotopic (exact) mass is 201 g/mol. The van der Waals surface area contributed by atoms with Gasteiger partial charge in [-0.3, -0.25) is 4.68 Å². The van der Waals surface area contributed by atoms with E-state index in [1.165, 1.54) is 18.5 Å². The highest BCUT2D eigenvalue weighted by molar-refractivity contribution is 5.85. The van der Waals surface area contributed by atoms with Crippen LogP contribution in [0.15, 0.2) is 6.20 Å². The largest absolute Gasteiger partial charge is 0.396 e. The Morgan fingerprint density at radius 2 is 2.15 bits per heavy atom. The van der Waals surface area contributed by atoms with Crippen molar-refractivity contribution in [1.82, 2.24) is 9.78 Å². The highest BCUT2D eigenvalue weighted by Crippen LogP contribution is 2.43. The molecule has 2 N–H and O–H groups in total. The first-order valence-corrected chi connectivity index (χ1v) is 4.53. The molecule has 13 heavy (non-hydrogen) atoms. The number of nitrogens with zero attached hydrogens (tertiary/aromatic N) is 2. The van der Waals surface area contributed by atoms with Gasteiger partial charge >= 0.3 is 0 Å². The van der Waals surface area contributed by atoms with Gasteiger partial charge in [0.15, 0.2) is 0 Å². The zero-order valence-electron chi connectivity index (χ0n) is 8.03. The average Bonchev–Trinajstić information content (AvgIpc) is 2.75. The van der Waals surface area contributed by atoms with Crippen molar-refractivity contribution in [2.45, 2.75) is 38.6 Å². The molecule has 1 aromatic rings. The van der Waals surface area contributed by atoms with E-state index in [1.807, 2.05) is 4.68 Å². The molecule has 1 aliphatic carbocycles. The zero-order chi connectivity index (χ0) is 8.72. The standard InChI is InChI=1S/C9H15N3.ClH/c1-6(2)12-9(7-3-4-7)8(10)5-11-12;/h5-7H,3-4,10H2,1-2H3;1H. The van der Waals surface area contributed by atoms with Crippen molar-refractivity contribution >= 4 is 18.1 Å². The minimum atomic E-state index is 0. The van der Waals surface area contributed by atoms with E-state index in [-0.39, 0.29) is 12.4 Å². The second-order valence-electron chi connectivity index (χ2n) is 3.80. The molecule has 1 heterocycles. The maximum atomic E-state index is 5.84. The molecular formula is C9H16ClN3. The van der Waals surface area contributed by atoms with Crippen LogP contribution in [0.3, 0.4) is 0 Å². The fraction of sp³-hybridized carbons (Fsp3) is 0.667. The maximum Gasteiger partial charge on any atom is 0.0736 e. The second-order valence-corrected chi connectivity index (χ2v) is 3.80. The molecule has 1 fully saturated rings. The van der Waals surface area contributed by atoms with E-state index in [9.17, 15) is 0 Å². The molecule has 1 aromatic heterocycles. The van der Waals surface area contributed by atoms with Gasteiger partial charge in [-0.25, -0.2) is 0 Å². The van der Waals surface area contributed by atoms with Crippen LogP contribution in [0, 0.1) is 0 Å². The third-order valence-corrected chi connectivity index (χ3v) is 2.32. The Kier molecular flexibility index (Phi) is 2.86. The number of hydrogen-bond acceptors (Lipinski definition) is 2. The molecule has 0 radical (unpaired) electrons. The first-order chi connectivity index (χ1) is 5.70. The molecule has 0 unspecified atom stereocenters. The molecule has 74 valence electrons. The quantitative estimate of drug-likeness (QED) is 0.799. The molecule has 0 spiro atoms. The zero-order valence-corrected chi connectivity index (χ0v) is 8.84. The van der Waals surface area contributed by atoms with Crippen LogP contribution in [-0.2, 0) is 0 Å². The fourth-order valence-electron chi connectivity index (χ4n) is 1.58. The van der Waals surface area contributed by atoms with Crippen LogP contribution in [0.2, 0.25) is 0 Å². The Hall–Kier alpha value is -0.700. The van der Waals surface area contributed by atoms with Crippen LogP contribution >= 0.6 is 12.4 Å². The van der Waals surface area contributed by atoms with Gasteiger partial charge < -0.3 is 5.73 Å². The van der Waals surface area contributed by atoms with Crippen LogP contribution in [0.5, 0.6) is 0 Å². The summed E-state index contributed by atoms with van der Waals surface area (Å²) in [4.78, 5) is 0. The summed E-state index contributed by atoms with van der Waals surface area (Å²) in [5.74, 6) is 0.690. The van der Waals surface area contributed by atoms with E-state index in [0.717, 1.165) is 5.69 Å². The van der Waals surface area contributed by atoms with E-state index >= 15 is 0 Å². The van der Waals surface area contributed by atoms with Crippen LogP contribution in [0.1, 0.15) is 44.3 Å². The summed E-state index contributed by atoms with van der Waals surface area (Å²) in [7, 11) is 0. The molecule has 0 aromatic carbocycles. The van der Waals surface area contributed by atoms with Crippen LogP contribution in [-0.4, -0.2) is 9.78 Å². The predicted molar refractivity (Wildman–Crippen MR) is 56.2 cm³/mol. The van der Waals surface area contributed by atoms with E-state index in [2.05, 4.69) is 18.9 Å². The predicted octanol–water partition coefficient (Wildman–Crippen LogP) is 2.35. The number of nitrogen functional groups attached to an aromatic ring is 1. The summed E-state index contributed by atoms with van der Waals surface area (Å²) in [5.41, 5.74) is 7.96. The molecule has 0 saturated heterocycles. The van der Waals surface area contributed by atoms with Gasteiger partial charge in [0.2, 0.25) is 0 Å². The van der Waals surface area contributed by atoms with Crippen molar-refractivity contribution in [3.05, 3.63) is 11.9 Å². The lowest BCUT2D eigenvalue weighted by atomic mass is 10.2. The van der Waals surface area contributed by atoms with Gasteiger partial charge in [0.1, 0.15) is 0 Å². The van der Waals surface area contributed by atoms with Gasteiger partial charge in [0.05, 0.1) is 17.6 Å². The Labute approximate surface area is 84.7 Å². The van der Waals surface area contributed by atoms with Crippen molar-refractivity contribution in [3.8, 4) is 0 Å². The summed E-state index contributed by atoms with van der Waals surface area (Å²) in [5, 5.41) is 4.27. The summed E-state index contributed by atoms with van der Waals surface area (Å²) in [6, 6.07) is 0.429. The molecular weight excluding hydrogens is 186 g/mol. The van der Waals surface area contributed by atoms with E-state index < -0.39 is 0 Å². The summed E-state index contributed by atoms with van der Waals surface area (Å²) in [6.45, 7) is 4.27. The summed E-state index contributed by atoms with van der Waals surface area (Å²) >= 11 is 0. The van der Waals surface area contributed by atoms with Gasteiger partial charge in [0.25, 0.3) is 0 Å². The Morgan fingerprint density at radius 3 is 2.62 bits per heavy atom. The number of halogens is 1. The SMILES string of the molecule is CC(C)n1ncc(N)c1C1CC1.Cl. The fourth-order valence-corrected chi connectivity index (χ4v) is 1.58. The summed E-state index contributed by atoms with van der Waals surface area (Å²) in [6.07, 6.45) is 4.33. The van der Waals surface area contributed by atoms with Crippen LogP contribution < -0.4 is 5.73 Å². The van der Waals surface area contributed by atoms with Gasteiger partial charge in [-0.1, -0.05) is 0 Å².